The van der Waals surface area contributed by atoms with Gasteiger partial charge in [0.25, 0.3) is 0 Å². The highest BCUT2D eigenvalue weighted by Gasteiger charge is 2.10. The third-order valence-corrected chi connectivity index (χ3v) is 7.02. The van der Waals surface area contributed by atoms with Crippen molar-refractivity contribution in [3.8, 4) is 0 Å². The van der Waals surface area contributed by atoms with Crippen LogP contribution in [-0.2, 0) is 12.8 Å². The lowest BCUT2D eigenvalue weighted by atomic mass is 10.0. The molecule has 0 aliphatic heterocycles. The Balaban J connectivity index is 2.25. The third kappa shape index (κ3) is 4.54. The fourth-order valence-electron chi connectivity index (χ4n) is 2.56. The summed E-state index contributed by atoms with van der Waals surface area (Å²) in [5, 5.41) is 0. The van der Waals surface area contributed by atoms with Gasteiger partial charge in [-0.25, -0.2) is 0 Å². The van der Waals surface area contributed by atoms with Gasteiger partial charge in [0.2, 0.25) is 0 Å². The molecule has 6 heteroatoms. The summed E-state index contributed by atoms with van der Waals surface area (Å²) in [4.78, 5) is 4.68. The first kappa shape index (κ1) is 19.8. The Hall–Kier alpha value is -0.560. The van der Waals surface area contributed by atoms with Crippen molar-refractivity contribution >= 4 is 58.4 Å². The fourth-order valence-corrected chi connectivity index (χ4v) is 5.09. The van der Waals surface area contributed by atoms with Gasteiger partial charge in [0.05, 0.1) is 11.4 Å². The minimum Gasteiger partial charge on any atom is -0.397 e. The Kier molecular flexibility index (Phi) is 7.60. The van der Waals surface area contributed by atoms with E-state index in [0.29, 0.717) is 0 Å². The van der Waals surface area contributed by atoms with Gasteiger partial charge in [-0.1, -0.05) is 0 Å². The summed E-state index contributed by atoms with van der Waals surface area (Å²) >= 11 is 6.85. The molecule has 2 aromatic rings. The van der Waals surface area contributed by atoms with Crippen molar-refractivity contribution in [3.05, 3.63) is 35.4 Å². The molecule has 0 radical (unpaired) electrons. The van der Waals surface area contributed by atoms with E-state index in [2.05, 4.69) is 49.3 Å². The van der Waals surface area contributed by atoms with Crippen molar-refractivity contribution in [1.29, 1.82) is 0 Å². The van der Waals surface area contributed by atoms with E-state index in [-0.39, 0.29) is 0 Å². The van der Waals surface area contributed by atoms with E-state index < -0.39 is 0 Å². The molecule has 0 bridgehead atoms. The average Bonchev–Trinajstić information content (AvgIpc) is 2.61. The topological polar surface area (TPSA) is 52.0 Å². The van der Waals surface area contributed by atoms with Crippen molar-refractivity contribution in [3.63, 3.8) is 0 Å². The molecule has 0 aromatic heterocycles. The number of hydrogen-bond acceptors (Lipinski definition) is 6. The zero-order chi connectivity index (χ0) is 17.7. The van der Waals surface area contributed by atoms with Gasteiger partial charge >= 0.3 is 0 Å². The summed E-state index contributed by atoms with van der Waals surface area (Å²) in [6.45, 7) is 0. The van der Waals surface area contributed by atoms with Gasteiger partial charge in [0.1, 0.15) is 0 Å². The number of thioether (sulfide) groups is 4. The molecule has 130 valence electrons. The number of benzene rings is 2. The summed E-state index contributed by atoms with van der Waals surface area (Å²) in [7, 11) is 0. The van der Waals surface area contributed by atoms with E-state index in [4.69, 9.17) is 11.5 Å². The Bertz CT molecular complexity index is 605. The highest BCUT2D eigenvalue weighted by Crippen LogP contribution is 2.35. The van der Waals surface area contributed by atoms with E-state index in [1.54, 1.807) is 47.0 Å². The quantitative estimate of drug-likeness (QED) is 0.474. The highest BCUT2D eigenvalue weighted by atomic mass is 32.2. The molecule has 2 rings (SSSR count). The van der Waals surface area contributed by atoms with E-state index in [9.17, 15) is 0 Å². The van der Waals surface area contributed by atoms with Crippen molar-refractivity contribution < 1.29 is 0 Å². The first-order chi connectivity index (χ1) is 11.5. The number of aryl methyl sites for hydroxylation is 2. The summed E-state index contributed by atoms with van der Waals surface area (Å²) in [5.41, 5.74) is 16.9. The molecule has 0 unspecified atom stereocenters. The molecule has 0 saturated heterocycles. The lowest BCUT2D eigenvalue weighted by Crippen LogP contribution is -1.99. The van der Waals surface area contributed by atoms with Crippen LogP contribution in [-0.4, -0.2) is 25.0 Å². The molecule has 0 atom stereocenters. The van der Waals surface area contributed by atoms with Gasteiger partial charge in [-0.15, -0.1) is 47.0 Å². The Morgan fingerprint density at radius 1 is 0.583 bits per heavy atom. The van der Waals surface area contributed by atoms with Crippen LogP contribution in [0.1, 0.15) is 11.1 Å². The standard InChI is InChI=1S/C18H24N2S4/c1-21-13-7-11(8-14(22-2)17(13)19)5-6-12-9-15(23-3)18(20)16(10-12)24-4/h7-10H,5-6,19-20H2,1-4H3. The fraction of sp³-hybridized carbons (Fsp3) is 0.333. The summed E-state index contributed by atoms with van der Waals surface area (Å²) < 4.78 is 0. The summed E-state index contributed by atoms with van der Waals surface area (Å²) in [5.74, 6) is 0. The number of anilines is 2. The van der Waals surface area contributed by atoms with Crippen molar-refractivity contribution in [2.45, 2.75) is 32.4 Å². The average molecular weight is 397 g/mol. The number of nitrogens with two attached hydrogens (primary N) is 2. The van der Waals surface area contributed by atoms with Crippen LogP contribution in [0.15, 0.2) is 43.8 Å². The van der Waals surface area contributed by atoms with E-state index in [0.717, 1.165) is 24.2 Å². The van der Waals surface area contributed by atoms with Crippen molar-refractivity contribution in [1.82, 2.24) is 0 Å². The monoisotopic (exact) mass is 396 g/mol. The molecular formula is C18H24N2S4. The maximum atomic E-state index is 6.21. The minimum absolute atomic E-state index is 0.903. The molecule has 0 amide bonds. The molecule has 0 heterocycles. The van der Waals surface area contributed by atoms with Crippen LogP contribution in [0.25, 0.3) is 0 Å². The molecule has 0 aliphatic rings. The smallest absolute Gasteiger partial charge is 0.0590 e. The minimum atomic E-state index is 0.903. The molecule has 0 spiro atoms. The van der Waals surface area contributed by atoms with Crippen LogP contribution in [0.2, 0.25) is 0 Å². The first-order valence-corrected chi connectivity index (χ1v) is 12.4. The Labute approximate surface area is 162 Å². The third-order valence-electron chi connectivity index (χ3n) is 3.91. The van der Waals surface area contributed by atoms with Gasteiger partial charge in [0, 0.05) is 19.6 Å². The number of hydrogen-bond donors (Lipinski definition) is 2. The van der Waals surface area contributed by atoms with Crippen molar-refractivity contribution in [2.75, 3.05) is 36.5 Å². The zero-order valence-electron chi connectivity index (χ0n) is 14.5. The van der Waals surface area contributed by atoms with Crippen LogP contribution < -0.4 is 11.5 Å². The molecule has 4 N–H and O–H groups in total. The summed E-state index contributed by atoms with van der Waals surface area (Å²) in [6, 6.07) is 8.90. The van der Waals surface area contributed by atoms with E-state index >= 15 is 0 Å². The maximum Gasteiger partial charge on any atom is 0.0590 e. The van der Waals surface area contributed by atoms with Gasteiger partial charge in [-0.3, -0.25) is 0 Å². The maximum absolute atomic E-state index is 6.21. The van der Waals surface area contributed by atoms with Crippen LogP contribution in [0.4, 0.5) is 11.4 Å². The van der Waals surface area contributed by atoms with Crippen LogP contribution in [0, 0.1) is 0 Å². The number of nitrogen functional groups attached to an aromatic ring is 2. The number of rotatable bonds is 7. The van der Waals surface area contributed by atoms with Crippen LogP contribution in [0.3, 0.4) is 0 Å². The SMILES string of the molecule is CSc1cc(CCc2cc(SC)c(N)c(SC)c2)cc(SC)c1N. The molecule has 0 fully saturated rings. The Morgan fingerprint density at radius 2 is 0.833 bits per heavy atom. The summed E-state index contributed by atoms with van der Waals surface area (Å²) in [6.07, 6.45) is 10.3. The zero-order valence-corrected chi connectivity index (χ0v) is 17.8. The van der Waals surface area contributed by atoms with Gasteiger partial charge in [0.15, 0.2) is 0 Å². The lowest BCUT2D eigenvalue weighted by molar-refractivity contribution is 0.940. The second-order valence-electron chi connectivity index (χ2n) is 5.33. The second kappa shape index (κ2) is 9.22. The first-order valence-electron chi connectivity index (χ1n) is 7.54. The molecule has 2 aromatic carbocycles. The van der Waals surface area contributed by atoms with Crippen LogP contribution >= 0.6 is 47.0 Å². The van der Waals surface area contributed by atoms with E-state index in [1.807, 2.05) is 0 Å². The Morgan fingerprint density at radius 3 is 1.04 bits per heavy atom. The van der Waals surface area contributed by atoms with Crippen molar-refractivity contribution in [2.24, 2.45) is 0 Å². The van der Waals surface area contributed by atoms with Gasteiger partial charge in [-0.05, 0) is 73.3 Å². The highest BCUT2D eigenvalue weighted by molar-refractivity contribution is 8.00. The molecule has 0 saturated carbocycles. The molecule has 0 aliphatic carbocycles. The predicted molar refractivity (Wildman–Crippen MR) is 116 cm³/mol. The largest absolute Gasteiger partial charge is 0.397 e. The van der Waals surface area contributed by atoms with E-state index in [1.165, 1.54) is 30.7 Å². The molecule has 24 heavy (non-hydrogen) atoms. The molecular weight excluding hydrogens is 372 g/mol. The molecule has 2 nitrogen and oxygen atoms in total. The second-order valence-corrected chi connectivity index (χ2v) is 8.72. The van der Waals surface area contributed by atoms with Gasteiger partial charge in [-0.2, -0.15) is 0 Å². The van der Waals surface area contributed by atoms with Crippen LogP contribution in [0.5, 0.6) is 0 Å². The van der Waals surface area contributed by atoms with Gasteiger partial charge < -0.3 is 11.5 Å². The normalized spacial score (nSPS) is 11.0. The predicted octanol–water partition coefficient (Wildman–Crippen LogP) is 5.52. The lowest BCUT2D eigenvalue weighted by Gasteiger charge is -2.13.